The largest absolute Gasteiger partial charge is 0.497 e. The van der Waals surface area contributed by atoms with Gasteiger partial charge in [0.25, 0.3) is 5.91 Å². The number of aryl methyl sites for hydroxylation is 2. The Bertz CT molecular complexity index is 937. The van der Waals surface area contributed by atoms with E-state index in [1.54, 1.807) is 19.4 Å². The summed E-state index contributed by atoms with van der Waals surface area (Å²) in [5.41, 5.74) is 5.08. The van der Waals surface area contributed by atoms with Crippen LogP contribution in [0.3, 0.4) is 0 Å². The Morgan fingerprint density at radius 1 is 1.07 bits per heavy atom. The molecule has 5 nitrogen and oxygen atoms in total. The quantitative estimate of drug-likeness (QED) is 0.651. The summed E-state index contributed by atoms with van der Waals surface area (Å²) in [4.78, 5) is 16.9. The number of methoxy groups -OCH3 is 1. The molecule has 3 rings (SSSR count). The van der Waals surface area contributed by atoms with Crippen molar-refractivity contribution < 1.29 is 9.53 Å². The zero-order valence-electron chi connectivity index (χ0n) is 15.7. The summed E-state index contributed by atoms with van der Waals surface area (Å²) < 4.78 is 5.22. The monoisotopic (exact) mass is 361 g/mol. The van der Waals surface area contributed by atoms with E-state index >= 15 is 0 Å². The molecule has 0 fully saturated rings. The van der Waals surface area contributed by atoms with Crippen molar-refractivity contribution in [2.24, 2.45) is 0 Å². The third kappa shape index (κ3) is 4.44. The van der Waals surface area contributed by atoms with Crippen LogP contribution in [0.15, 0.2) is 60.8 Å². The number of nitrogens with one attached hydrogen (secondary N) is 2. The number of benzene rings is 2. The number of carbonyl (C=O) groups is 1. The van der Waals surface area contributed by atoms with Crippen LogP contribution in [-0.4, -0.2) is 18.0 Å². The lowest BCUT2D eigenvalue weighted by atomic mass is 10.1. The van der Waals surface area contributed by atoms with E-state index in [2.05, 4.69) is 22.5 Å². The van der Waals surface area contributed by atoms with Gasteiger partial charge in [-0.05, 0) is 48.7 Å². The van der Waals surface area contributed by atoms with E-state index in [1.165, 1.54) is 0 Å². The molecule has 0 radical (unpaired) electrons. The first kappa shape index (κ1) is 18.5. The molecule has 5 heteroatoms. The van der Waals surface area contributed by atoms with Crippen LogP contribution in [0.2, 0.25) is 0 Å². The Morgan fingerprint density at radius 3 is 2.59 bits per heavy atom. The van der Waals surface area contributed by atoms with Crippen molar-refractivity contribution in [3.8, 4) is 5.75 Å². The highest BCUT2D eigenvalue weighted by Gasteiger charge is 2.12. The molecule has 27 heavy (non-hydrogen) atoms. The minimum absolute atomic E-state index is 0.216. The van der Waals surface area contributed by atoms with Crippen LogP contribution in [0.25, 0.3) is 0 Å². The van der Waals surface area contributed by atoms with Crippen molar-refractivity contribution in [1.82, 2.24) is 4.98 Å². The van der Waals surface area contributed by atoms with E-state index in [4.69, 9.17) is 4.74 Å². The van der Waals surface area contributed by atoms with E-state index < -0.39 is 0 Å². The molecule has 0 saturated carbocycles. The second-order valence-electron chi connectivity index (χ2n) is 6.21. The normalized spacial score (nSPS) is 10.3. The Kier molecular flexibility index (Phi) is 5.71. The van der Waals surface area contributed by atoms with Crippen LogP contribution in [0.1, 0.15) is 28.5 Å². The third-order valence-corrected chi connectivity index (χ3v) is 4.33. The van der Waals surface area contributed by atoms with Gasteiger partial charge >= 0.3 is 0 Å². The molecule has 1 amide bonds. The van der Waals surface area contributed by atoms with Gasteiger partial charge in [0.1, 0.15) is 11.4 Å². The van der Waals surface area contributed by atoms with Gasteiger partial charge in [0.05, 0.1) is 19.0 Å². The molecule has 0 atom stereocenters. The van der Waals surface area contributed by atoms with Crippen LogP contribution in [0, 0.1) is 6.92 Å². The average molecular weight is 361 g/mol. The lowest BCUT2D eigenvalue weighted by Gasteiger charge is -2.13. The third-order valence-electron chi connectivity index (χ3n) is 4.33. The number of hydrogen-bond donors (Lipinski definition) is 2. The van der Waals surface area contributed by atoms with Crippen molar-refractivity contribution >= 4 is 23.0 Å². The second-order valence-corrected chi connectivity index (χ2v) is 6.21. The van der Waals surface area contributed by atoms with E-state index in [1.807, 2.05) is 55.5 Å². The fraction of sp³-hybridized carbons (Fsp3) is 0.182. The zero-order chi connectivity index (χ0) is 19.2. The summed E-state index contributed by atoms with van der Waals surface area (Å²) in [6, 6.07) is 17.2. The minimum atomic E-state index is -0.216. The summed E-state index contributed by atoms with van der Waals surface area (Å²) in [5.74, 6) is 0.556. The van der Waals surface area contributed by atoms with Gasteiger partial charge in [-0.25, -0.2) is 4.98 Å². The fourth-order valence-corrected chi connectivity index (χ4v) is 2.85. The van der Waals surface area contributed by atoms with Gasteiger partial charge in [-0.3, -0.25) is 4.79 Å². The first-order chi connectivity index (χ1) is 13.1. The molecule has 138 valence electrons. The van der Waals surface area contributed by atoms with Gasteiger partial charge in [0, 0.05) is 17.4 Å². The molecule has 0 aliphatic rings. The Hall–Kier alpha value is -3.34. The summed E-state index contributed by atoms with van der Waals surface area (Å²) in [6.07, 6.45) is 2.50. The molecule has 0 saturated heterocycles. The smallest absolute Gasteiger partial charge is 0.274 e. The Labute approximate surface area is 159 Å². The lowest BCUT2D eigenvalue weighted by molar-refractivity contribution is 0.102. The van der Waals surface area contributed by atoms with E-state index in [0.717, 1.165) is 40.4 Å². The van der Waals surface area contributed by atoms with Crippen molar-refractivity contribution in [2.75, 3.05) is 17.7 Å². The maximum absolute atomic E-state index is 12.6. The maximum Gasteiger partial charge on any atom is 0.274 e. The minimum Gasteiger partial charge on any atom is -0.497 e. The summed E-state index contributed by atoms with van der Waals surface area (Å²) in [7, 11) is 1.63. The van der Waals surface area contributed by atoms with Crippen molar-refractivity contribution in [2.45, 2.75) is 20.3 Å². The predicted octanol–water partition coefficient (Wildman–Crippen LogP) is 4.96. The fourth-order valence-electron chi connectivity index (χ4n) is 2.85. The Balaban J connectivity index is 1.72. The van der Waals surface area contributed by atoms with Gasteiger partial charge in [-0.1, -0.05) is 31.2 Å². The first-order valence-corrected chi connectivity index (χ1v) is 8.87. The first-order valence-electron chi connectivity index (χ1n) is 8.87. The summed E-state index contributed by atoms with van der Waals surface area (Å²) >= 11 is 0. The molecule has 2 N–H and O–H groups in total. The topological polar surface area (TPSA) is 63.2 Å². The molecular weight excluding hydrogens is 338 g/mol. The van der Waals surface area contributed by atoms with Gasteiger partial charge in [0.15, 0.2) is 0 Å². The van der Waals surface area contributed by atoms with E-state index in [9.17, 15) is 4.79 Å². The number of para-hydroxylation sites is 1. The second kappa shape index (κ2) is 8.36. The number of nitrogens with zero attached hydrogens (tertiary/aromatic N) is 1. The maximum atomic E-state index is 12.6. The number of anilines is 3. The predicted molar refractivity (Wildman–Crippen MR) is 109 cm³/mol. The zero-order valence-corrected chi connectivity index (χ0v) is 15.7. The van der Waals surface area contributed by atoms with Crippen LogP contribution in [0.4, 0.5) is 17.1 Å². The number of amides is 1. The number of aromatic nitrogens is 1. The van der Waals surface area contributed by atoms with Gasteiger partial charge in [0.2, 0.25) is 0 Å². The molecule has 0 aliphatic carbocycles. The van der Waals surface area contributed by atoms with Crippen molar-refractivity contribution in [3.63, 3.8) is 0 Å². The average Bonchev–Trinajstić information content (AvgIpc) is 2.70. The number of rotatable bonds is 6. The molecular formula is C22H23N3O2. The highest BCUT2D eigenvalue weighted by Crippen LogP contribution is 2.23. The van der Waals surface area contributed by atoms with Crippen LogP contribution >= 0.6 is 0 Å². The van der Waals surface area contributed by atoms with Gasteiger partial charge in [-0.15, -0.1) is 0 Å². The highest BCUT2D eigenvalue weighted by molar-refractivity contribution is 6.03. The number of ether oxygens (including phenoxy) is 1. The molecule has 0 unspecified atom stereocenters. The van der Waals surface area contributed by atoms with Crippen molar-refractivity contribution in [3.05, 3.63) is 77.6 Å². The molecule has 0 aliphatic heterocycles. The molecule has 0 bridgehead atoms. The number of carbonyl (C=O) groups excluding carboxylic acids is 1. The van der Waals surface area contributed by atoms with E-state index in [0.29, 0.717) is 5.69 Å². The molecule has 1 aromatic heterocycles. The van der Waals surface area contributed by atoms with Crippen LogP contribution in [-0.2, 0) is 6.42 Å². The molecule has 3 aromatic rings. The van der Waals surface area contributed by atoms with Crippen LogP contribution in [0.5, 0.6) is 5.75 Å². The van der Waals surface area contributed by atoms with E-state index in [-0.39, 0.29) is 5.91 Å². The molecule has 1 heterocycles. The highest BCUT2D eigenvalue weighted by atomic mass is 16.5. The van der Waals surface area contributed by atoms with Gasteiger partial charge in [-0.2, -0.15) is 0 Å². The molecule has 2 aromatic carbocycles. The Morgan fingerprint density at radius 2 is 1.89 bits per heavy atom. The summed E-state index contributed by atoms with van der Waals surface area (Å²) in [6.45, 7) is 4.06. The SMILES string of the molecule is CCc1cccc(C)c1NC(=O)c1ccc(Nc2cccc(OC)c2)cn1. The lowest BCUT2D eigenvalue weighted by Crippen LogP contribution is -2.15. The standard InChI is InChI=1S/C22H23N3O2/c1-4-16-8-5-7-15(2)21(16)25-22(26)20-12-11-18(14-23-20)24-17-9-6-10-19(13-17)27-3/h5-14,24H,4H2,1-3H3,(H,25,26). The molecule has 0 spiro atoms. The number of hydrogen-bond acceptors (Lipinski definition) is 4. The summed E-state index contributed by atoms with van der Waals surface area (Å²) in [5, 5.41) is 6.24. The van der Waals surface area contributed by atoms with Crippen molar-refractivity contribution in [1.29, 1.82) is 0 Å². The van der Waals surface area contributed by atoms with Crippen LogP contribution < -0.4 is 15.4 Å². The van der Waals surface area contributed by atoms with Gasteiger partial charge < -0.3 is 15.4 Å². The number of pyridine rings is 1.